The van der Waals surface area contributed by atoms with Crippen LogP contribution < -0.4 is 5.43 Å². The molecule has 0 saturated carbocycles. The number of aromatic carboxylic acids is 1. The summed E-state index contributed by atoms with van der Waals surface area (Å²) in [5.41, 5.74) is 1.21. The Balaban J connectivity index is 2.71. The van der Waals surface area contributed by atoms with Crippen molar-refractivity contribution < 1.29 is 9.90 Å². The number of hydrogen-bond donors (Lipinski definition) is 1. The van der Waals surface area contributed by atoms with E-state index in [9.17, 15) is 9.59 Å². The summed E-state index contributed by atoms with van der Waals surface area (Å²) in [5, 5.41) is 12.9. The third-order valence-electron chi connectivity index (χ3n) is 2.58. The molecule has 5 nitrogen and oxygen atoms in total. The number of rotatable bonds is 2. The van der Waals surface area contributed by atoms with Crippen LogP contribution in [0.15, 0.2) is 33.5 Å². The minimum atomic E-state index is -1.33. The first kappa shape index (κ1) is 13.5. The summed E-state index contributed by atoms with van der Waals surface area (Å²) in [7, 11) is 0. The van der Waals surface area contributed by atoms with Gasteiger partial charge in [-0.1, -0.05) is 15.9 Å². The number of carbonyl (C=O) groups is 1. The lowest BCUT2D eigenvalue weighted by Gasteiger charge is -2.11. The molecule has 0 radical (unpaired) electrons. The van der Waals surface area contributed by atoms with Gasteiger partial charge in [0.05, 0.1) is 5.69 Å². The van der Waals surface area contributed by atoms with Crippen molar-refractivity contribution in [2.75, 3.05) is 0 Å². The zero-order valence-corrected chi connectivity index (χ0v) is 11.9. The molecule has 1 aromatic carbocycles. The minimum Gasteiger partial charge on any atom is -0.476 e. The highest BCUT2D eigenvalue weighted by molar-refractivity contribution is 9.10. The molecule has 0 unspecified atom stereocenters. The number of benzene rings is 1. The molecule has 1 heterocycles. The summed E-state index contributed by atoms with van der Waals surface area (Å²) in [5.74, 6) is -1.33. The number of carboxylic acids is 1. The Morgan fingerprint density at radius 2 is 1.95 bits per heavy atom. The lowest BCUT2D eigenvalue weighted by molar-refractivity contribution is 0.0686. The second-order valence-corrected chi connectivity index (χ2v) is 5.12. The molecule has 0 fully saturated rings. The van der Waals surface area contributed by atoms with Gasteiger partial charge in [0.25, 0.3) is 0 Å². The molecule has 1 N–H and O–H groups in total. The van der Waals surface area contributed by atoms with Crippen LogP contribution in [0.25, 0.3) is 5.69 Å². The molecule has 0 bridgehead atoms. The van der Waals surface area contributed by atoms with Gasteiger partial charge < -0.3 is 5.11 Å². The first-order valence-electron chi connectivity index (χ1n) is 5.50. The fraction of sp³-hybridized carbons (Fsp3) is 0.154. The summed E-state index contributed by atoms with van der Waals surface area (Å²) in [6, 6.07) is 6.87. The van der Waals surface area contributed by atoms with Crippen molar-refractivity contribution in [3.05, 3.63) is 55.9 Å². The van der Waals surface area contributed by atoms with Gasteiger partial charge in [-0.15, -0.1) is 0 Å². The maximum atomic E-state index is 11.5. The molecule has 1 aromatic heterocycles. The average molecular weight is 323 g/mol. The van der Waals surface area contributed by atoms with Crippen molar-refractivity contribution in [2.24, 2.45) is 0 Å². The summed E-state index contributed by atoms with van der Waals surface area (Å²) in [6.45, 7) is 3.63. The maximum absolute atomic E-state index is 11.5. The Hall–Kier alpha value is -1.95. The molecule has 0 aliphatic carbocycles. The van der Waals surface area contributed by atoms with Gasteiger partial charge in [0.2, 0.25) is 11.1 Å². The van der Waals surface area contributed by atoms with Gasteiger partial charge in [0, 0.05) is 16.2 Å². The molecular formula is C13H11BrN2O3. The average Bonchev–Trinajstić information content (AvgIpc) is 2.26. The quantitative estimate of drug-likeness (QED) is 0.920. The highest BCUT2D eigenvalue weighted by Gasteiger charge is 2.14. The van der Waals surface area contributed by atoms with E-state index in [-0.39, 0.29) is 0 Å². The minimum absolute atomic E-state index is 0.483. The number of carboxylic acid groups (broad SMARTS) is 1. The third kappa shape index (κ3) is 2.73. The molecule has 2 aromatic rings. The number of nitrogens with zero attached hydrogens (tertiary/aromatic N) is 2. The molecule has 6 heteroatoms. The van der Waals surface area contributed by atoms with Crippen LogP contribution in [0.4, 0.5) is 0 Å². The Bertz CT molecular complexity index is 702. The SMILES string of the molecule is Cc1cc(Br)cc(-n2nc(C(=O)O)c(=O)cc2C)c1. The second-order valence-electron chi connectivity index (χ2n) is 4.20. The van der Waals surface area contributed by atoms with Gasteiger partial charge in [-0.25, -0.2) is 9.48 Å². The van der Waals surface area contributed by atoms with Crippen molar-refractivity contribution >= 4 is 21.9 Å². The van der Waals surface area contributed by atoms with E-state index in [4.69, 9.17) is 5.11 Å². The van der Waals surface area contributed by atoms with E-state index in [0.29, 0.717) is 11.4 Å². The van der Waals surface area contributed by atoms with Crippen molar-refractivity contribution in [2.45, 2.75) is 13.8 Å². The molecule has 0 aliphatic rings. The first-order chi connectivity index (χ1) is 8.88. The van der Waals surface area contributed by atoms with Crippen molar-refractivity contribution in [1.29, 1.82) is 0 Å². The highest BCUT2D eigenvalue weighted by atomic mass is 79.9. The van der Waals surface area contributed by atoms with E-state index < -0.39 is 17.1 Å². The molecule has 98 valence electrons. The van der Waals surface area contributed by atoms with Crippen molar-refractivity contribution in [3.8, 4) is 5.69 Å². The Kier molecular flexibility index (Phi) is 3.53. The molecule has 2 rings (SSSR count). The third-order valence-corrected chi connectivity index (χ3v) is 3.04. The van der Waals surface area contributed by atoms with Crippen LogP contribution in [0.5, 0.6) is 0 Å². The van der Waals surface area contributed by atoms with E-state index in [1.54, 1.807) is 6.92 Å². The Labute approximate surface area is 117 Å². The maximum Gasteiger partial charge on any atom is 0.360 e. The Morgan fingerprint density at radius 3 is 2.53 bits per heavy atom. The summed E-state index contributed by atoms with van der Waals surface area (Å²) in [6.07, 6.45) is 0. The van der Waals surface area contributed by atoms with Gasteiger partial charge in [-0.2, -0.15) is 5.10 Å². The van der Waals surface area contributed by atoms with Gasteiger partial charge in [0.15, 0.2) is 0 Å². The standard InChI is InChI=1S/C13H11BrN2O3/c1-7-3-9(14)6-10(4-7)16-8(2)5-11(17)12(15-16)13(18)19/h3-6H,1-2H3,(H,18,19). The van der Waals surface area contributed by atoms with Crippen LogP contribution in [0.1, 0.15) is 21.7 Å². The largest absolute Gasteiger partial charge is 0.476 e. The molecule has 0 spiro atoms. The molecule has 0 amide bonds. The lowest BCUT2D eigenvalue weighted by atomic mass is 10.2. The smallest absolute Gasteiger partial charge is 0.360 e. The number of aromatic nitrogens is 2. The highest BCUT2D eigenvalue weighted by Crippen LogP contribution is 2.18. The van der Waals surface area contributed by atoms with Crippen LogP contribution in [0.2, 0.25) is 0 Å². The predicted molar refractivity (Wildman–Crippen MR) is 74.0 cm³/mol. The molecular weight excluding hydrogens is 312 g/mol. The molecule has 19 heavy (non-hydrogen) atoms. The van der Waals surface area contributed by atoms with E-state index in [1.165, 1.54) is 10.7 Å². The van der Waals surface area contributed by atoms with E-state index >= 15 is 0 Å². The van der Waals surface area contributed by atoms with E-state index in [0.717, 1.165) is 10.0 Å². The number of aryl methyl sites for hydroxylation is 2. The topological polar surface area (TPSA) is 72.2 Å². The van der Waals surface area contributed by atoms with Crippen LogP contribution in [-0.4, -0.2) is 20.9 Å². The van der Waals surface area contributed by atoms with Crippen LogP contribution in [-0.2, 0) is 0 Å². The normalized spacial score (nSPS) is 10.5. The molecule has 0 atom stereocenters. The summed E-state index contributed by atoms with van der Waals surface area (Å²) in [4.78, 5) is 22.5. The summed E-state index contributed by atoms with van der Waals surface area (Å²) < 4.78 is 2.31. The molecule has 0 saturated heterocycles. The van der Waals surface area contributed by atoms with Crippen LogP contribution in [0, 0.1) is 13.8 Å². The fourth-order valence-electron chi connectivity index (χ4n) is 1.80. The molecule has 0 aliphatic heterocycles. The number of halogens is 1. The van der Waals surface area contributed by atoms with Crippen LogP contribution >= 0.6 is 15.9 Å². The fourth-order valence-corrected chi connectivity index (χ4v) is 2.39. The second kappa shape index (κ2) is 4.97. The number of hydrogen-bond acceptors (Lipinski definition) is 3. The lowest BCUT2D eigenvalue weighted by Crippen LogP contribution is -2.22. The van der Waals surface area contributed by atoms with Crippen molar-refractivity contribution in [1.82, 2.24) is 9.78 Å². The zero-order chi connectivity index (χ0) is 14.2. The van der Waals surface area contributed by atoms with Gasteiger partial charge >= 0.3 is 5.97 Å². The predicted octanol–water partition coefficient (Wildman–Crippen LogP) is 2.31. The zero-order valence-electron chi connectivity index (χ0n) is 10.3. The monoisotopic (exact) mass is 322 g/mol. The van der Waals surface area contributed by atoms with Gasteiger partial charge in [0.1, 0.15) is 0 Å². The van der Waals surface area contributed by atoms with Crippen molar-refractivity contribution in [3.63, 3.8) is 0 Å². The van der Waals surface area contributed by atoms with E-state index in [2.05, 4.69) is 21.0 Å². The first-order valence-corrected chi connectivity index (χ1v) is 6.29. The van der Waals surface area contributed by atoms with E-state index in [1.807, 2.05) is 25.1 Å². The van der Waals surface area contributed by atoms with Crippen LogP contribution in [0.3, 0.4) is 0 Å². The Morgan fingerprint density at radius 1 is 1.26 bits per heavy atom. The van der Waals surface area contributed by atoms with Gasteiger partial charge in [-0.3, -0.25) is 4.79 Å². The van der Waals surface area contributed by atoms with Gasteiger partial charge in [-0.05, 0) is 37.6 Å². The summed E-state index contributed by atoms with van der Waals surface area (Å²) >= 11 is 3.38.